The highest BCUT2D eigenvalue weighted by atomic mass is 16.5. The second-order valence-corrected chi connectivity index (χ2v) is 7.96. The minimum atomic E-state index is -0.824. The van der Waals surface area contributed by atoms with Gasteiger partial charge in [-0.05, 0) is 49.9 Å². The predicted octanol–water partition coefficient (Wildman–Crippen LogP) is 4.83. The Bertz CT molecular complexity index is 1120. The first-order valence-corrected chi connectivity index (χ1v) is 9.53. The molecule has 0 saturated carbocycles. The fourth-order valence-corrected chi connectivity index (χ4v) is 4.44. The van der Waals surface area contributed by atoms with Crippen LogP contribution >= 0.6 is 0 Å². The van der Waals surface area contributed by atoms with Gasteiger partial charge in [0.15, 0.2) is 0 Å². The Morgan fingerprint density at radius 2 is 1.93 bits per heavy atom. The number of fused-ring (bicyclic) bond motifs is 4. The summed E-state index contributed by atoms with van der Waals surface area (Å²) in [5.41, 5.74) is 2.74. The summed E-state index contributed by atoms with van der Waals surface area (Å²) in [6, 6.07) is 14.4. The van der Waals surface area contributed by atoms with Crippen LogP contribution in [0.4, 0.5) is 11.4 Å². The van der Waals surface area contributed by atoms with E-state index in [1.807, 2.05) is 31.3 Å². The lowest BCUT2D eigenvalue weighted by atomic mass is 9.74. The van der Waals surface area contributed by atoms with E-state index in [0.29, 0.717) is 0 Å². The van der Waals surface area contributed by atoms with Crippen LogP contribution in [0, 0.1) is 0 Å². The van der Waals surface area contributed by atoms with Gasteiger partial charge in [-0.1, -0.05) is 24.3 Å². The van der Waals surface area contributed by atoms with Crippen molar-refractivity contribution in [2.24, 2.45) is 4.99 Å². The second kappa shape index (κ2) is 5.79. The molecular weight excluding hydrogens is 350 g/mol. The number of hydrogen-bond acceptors (Lipinski definition) is 5. The zero-order valence-electron chi connectivity index (χ0n) is 16.5. The molecular formula is C23H23N3O2. The Balaban J connectivity index is 1.78. The van der Waals surface area contributed by atoms with Crippen LogP contribution in [-0.4, -0.2) is 29.6 Å². The van der Waals surface area contributed by atoms with Crippen molar-refractivity contribution in [3.63, 3.8) is 0 Å². The molecule has 1 aromatic heterocycles. The number of anilines is 1. The van der Waals surface area contributed by atoms with Gasteiger partial charge in [0.25, 0.3) is 0 Å². The van der Waals surface area contributed by atoms with Gasteiger partial charge < -0.3 is 14.8 Å². The van der Waals surface area contributed by atoms with Crippen molar-refractivity contribution in [2.45, 2.75) is 38.0 Å². The SMILES string of the molecule is COC(C)C1=Nc2c(ccc3ccncc23)OC12Nc1ccccc1C2(C)C. The quantitative estimate of drug-likeness (QED) is 0.699. The maximum Gasteiger partial charge on any atom is 0.232 e. The van der Waals surface area contributed by atoms with Gasteiger partial charge in [-0.15, -0.1) is 0 Å². The maximum atomic E-state index is 6.77. The molecule has 3 heterocycles. The Morgan fingerprint density at radius 1 is 1.11 bits per heavy atom. The summed E-state index contributed by atoms with van der Waals surface area (Å²) in [4.78, 5) is 9.41. The van der Waals surface area contributed by atoms with Crippen LogP contribution in [0.25, 0.3) is 10.8 Å². The average molecular weight is 373 g/mol. The van der Waals surface area contributed by atoms with Gasteiger partial charge in [0, 0.05) is 30.6 Å². The lowest BCUT2D eigenvalue weighted by molar-refractivity contribution is 0.0784. The molecule has 2 aromatic carbocycles. The van der Waals surface area contributed by atoms with Gasteiger partial charge >= 0.3 is 0 Å². The molecule has 1 N–H and O–H groups in total. The minimum absolute atomic E-state index is 0.221. The third kappa shape index (κ3) is 2.11. The van der Waals surface area contributed by atoms with Gasteiger partial charge in [-0.2, -0.15) is 0 Å². The van der Waals surface area contributed by atoms with E-state index in [9.17, 15) is 0 Å². The van der Waals surface area contributed by atoms with Crippen LogP contribution in [0.5, 0.6) is 5.75 Å². The van der Waals surface area contributed by atoms with Crippen LogP contribution in [0.1, 0.15) is 26.3 Å². The fourth-order valence-electron chi connectivity index (χ4n) is 4.44. The van der Waals surface area contributed by atoms with Crippen molar-refractivity contribution in [2.75, 3.05) is 12.4 Å². The molecule has 5 heteroatoms. The summed E-state index contributed by atoms with van der Waals surface area (Å²) >= 11 is 0. The van der Waals surface area contributed by atoms with Gasteiger partial charge in [-0.3, -0.25) is 4.98 Å². The number of para-hydroxylation sites is 1. The van der Waals surface area contributed by atoms with Crippen LogP contribution in [0.2, 0.25) is 0 Å². The Labute approximate surface area is 164 Å². The van der Waals surface area contributed by atoms with Gasteiger partial charge in [0.2, 0.25) is 5.72 Å². The lowest BCUT2D eigenvalue weighted by Gasteiger charge is -2.45. The monoisotopic (exact) mass is 373 g/mol. The highest BCUT2D eigenvalue weighted by Gasteiger charge is 2.60. The highest BCUT2D eigenvalue weighted by molar-refractivity contribution is 6.08. The first-order valence-electron chi connectivity index (χ1n) is 9.53. The van der Waals surface area contributed by atoms with Crippen molar-refractivity contribution in [3.05, 3.63) is 60.4 Å². The first-order chi connectivity index (χ1) is 13.5. The van der Waals surface area contributed by atoms with Crippen molar-refractivity contribution in [1.82, 2.24) is 4.98 Å². The zero-order chi connectivity index (χ0) is 19.5. The van der Waals surface area contributed by atoms with Crippen molar-refractivity contribution in [3.8, 4) is 5.75 Å². The first kappa shape index (κ1) is 17.2. The highest BCUT2D eigenvalue weighted by Crippen LogP contribution is 2.53. The summed E-state index contributed by atoms with van der Waals surface area (Å²) in [5.74, 6) is 0.751. The maximum absolute atomic E-state index is 6.77. The summed E-state index contributed by atoms with van der Waals surface area (Å²) in [5, 5.41) is 5.71. The standard InChI is InChI=1S/C23H23N3O2/c1-14(27-4)21-23(22(2,3)17-7-5-6-8-18(17)26-23)28-19-10-9-15-11-12-24-13-16(15)20(19)25-21/h5-14,26H,1-4H3. The van der Waals surface area contributed by atoms with Crippen molar-refractivity contribution < 1.29 is 9.47 Å². The van der Waals surface area contributed by atoms with E-state index in [1.165, 1.54) is 5.56 Å². The fraction of sp³-hybridized carbons (Fsp3) is 0.304. The van der Waals surface area contributed by atoms with E-state index >= 15 is 0 Å². The summed E-state index contributed by atoms with van der Waals surface area (Å²) in [6.07, 6.45) is 3.41. The Morgan fingerprint density at radius 3 is 2.71 bits per heavy atom. The van der Waals surface area contributed by atoms with Crippen LogP contribution in [-0.2, 0) is 10.2 Å². The van der Waals surface area contributed by atoms with E-state index < -0.39 is 5.72 Å². The van der Waals surface area contributed by atoms with E-state index in [0.717, 1.165) is 33.6 Å². The summed E-state index contributed by atoms with van der Waals surface area (Å²) in [7, 11) is 1.70. The molecule has 142 valence electrons. The molecule has 5 nitrogen and oxygen atoms in total. The molecule has 28 heavy (non-hydrogen) atoms. The number of hydrogen-bond donors (Lipinski definition) is 1. The van der Waals surface area contributed by atoms with Gasteiger partial charge in [-0.25, -0.2) is 4.99 Å². The van der Waals surface area contributed by atoms with Gasteiger partial charge in [0.05, 0.1) is 11.5 Å². The van der Waals surface area contributed by atoms with Crippen LogP contribution < -0.4 is 10.1 Å². The molecule has 0 bridgehead atoms. The average Bonchev–Trinajstić information content (AvgIpc) is 2.94. The molecule has 0 saturated heterocycles. The molecule has 0 amide bonds. The normalized spacial score (nSPS) is 22.8. The van der Waals surface area contributed by atoms with Crippen molar-refractivity contribution in [1.29, 1.82) is 0 Å². The van der Waals surface area contributed by atoms with Gasteiger partial charge in [0.1, 0.15) is 17.1 Å². The summed E-state index contributed by atoms with van der Waals surface area (Å²) < 4.78 is 12.5. The molecule has 0 radical (unpaired) electrons. The lowest BCUT2D eigenvalue weighted by Crippen LogP contribution is -2.63. The molecule has 2 unspecified atom stereocenters. The van der Waals surface area contributed by atoms with Crippen LogP contribution in [0.3, 0.4) is 0 Å². The Hall–Kier alpha value is -2.92. The Kier molecular flexibility index (Phi) is 3.55. The molecule has 0 fully saturated rings. The van der Waals surface area contributed by atoms with E-state index in [4.69, 9.17) is 14.5 Å². The number of aromatic nitrogens is 1. The second-order valence-electron chi connectivity index (χ2n) is 7.96. The molecule has 2 aliphatic heterocycles. The molecule has 2 atom stereocenters. The molecule has 3 aromatic rings. The van der Waals surface area contributed by atoms with Crippen LogP contribution in [0.15, 0.2) is 59.9 Å². The van der Waals surface area contributed by atoms with Crippen molar-refractivity contribution >= 4 is 27.9 Å². The van der Waals surface area contributed by atoms with E-state index in [-0.39, 0.29) is 11.5 Å². The third-order valence-electron chi connectivity index (χ3n) is 6.14. The molecule has 5 rings (SSSR count). The third-order valence-corrected chi connectivity index (χ3v) is 6.14. The number of rotatable bonds is 2. The topological polar surface area (TPSA) is 55.7 Å². The molecule has 2 aliphatic rings. The number of benzene rings is 2. The molecule has 1 spiro atoms. The summed E-state index contributed by atoms with van der Waals surface area (Å²) in [6.45, 7) is 6.40. The zero-order valence-corrected chi connectivity index (χ0v) is 16.5. The number of nitrogens with one attached hydrogen (secondary N) is 1. The minimum Gasteiger partial charge on any atom is -0.459 e. The smallest absolute Gasteiger partial charge is 0.232 e. The van der Waals surface area contributed by atoms with E-state index in [1.54, 1.807) is 13.3 Å². The van der Waals surface area contributed by atoms with E-state index in [2.05, 4.69) is 48.4 Å². The number of methoxy groups -OCH3 is 1. The number of aliphatic imine (C=N–C) groups is 1. The number of pyridine rings is 1. The predicted molar refractivity (Wildman–Crippen MR) is 112 cm³/mol. The molecule has 0 aliphatic carbocycles. The largest absolute Gasteiger partial charge is 0.459 e. The number of nitrogens with zero attached hydrogens (tertiary/aromatic N) is 2. The number of ether oxygens (including phenoxy) is 2.